The van der Waals surface area contributed by atoms with E-state index in [0.717, 1.165) is 29.0 Å². The molecular formula is C14H10O3. The van der Waals surface area contributed by atoms with Crippen LogP contribution in [0.3, 0.4) is 0 Å². The first kappa shape index (κ1) is 9.90. The molecule has 0 N–H and O–H groups in total. The summed E-state index contributed by atoms with van der Waals surface area (Å²) in [4.78, 5) is 10.3. The van der Waals surface area contributed by atoms with Crippen molar-refractivity contribution in [1.29, 1.82) is 0 Å². The summed E-state index contributed by atoms with van der Waals surface area (Å²) in [6.45, 7) is 0.430. The largest absolute Gasteiger partial charge is 0.457 e. The van der Waals surface area contributed by atoms with Gasteiger partial charge in [-0.3, -0.25) is 4.79 Å². The fourth-order valence-electron chi connectivity index (χ4n) is 2.00. The molecule has 2 aromatic carbocycles. The summed E-state index contributed by atoms with van der Waals surface area (Å²) in [5.41, 5.74) is 2.17. The van der Waals surface area contributed by atoms with Gasteiger partial charge in [-0.15, -0.1) is 0 Å². The lowest BCUT2D eigenvalue weighted by Gasteiger charge is -2.20. The Labute approximate surface area is 98.6 Å². The standard InChI is InChI=1S/C14H10O3/c15-9-16-12-5-6-14-11(8-12)7-10-3-1-2-4-13(10)17-14/h1-6,8-9H,7H2. The number of hydrogen-bond acceptors (Lipinski definition) is 3. The minimum Gasteiger partial charge on any atom is -0.457 e. The van der Waals surface area contributed by atoms with Crippen LogP contribution in [0, 0.1) is 0 Å². The van der Waals surface area contributed by atoms with Crippen LogP contribution in [0.15, 0.2) is 42.5 Å². The predicted octanol–water partition coefficient (Wildman–Crippen LogP) is 2.92. The van der Waals surface area contributed by atoms with Crippen LogP contribution in [0.1, 0.15) is 11.1 Å². The summed E-state index contributed by atoms with van der Waals surface area (Å²) in [7, 11) is 0. The Morgan fingerprint density at radius 1 is 1.06 bits per heavy atom. The van der Waals surface area contributed by atoms with Crippen molar-refractivity contribution in [2.24, 2.45) is 0 Å². The zero-order valence-corrected chi connectivity index (χ0v) is 9.05. The Bertz CT molecular complexity index is 575. The highest BCUT2D eigenvalue weighted by Gasteiger charge is 2.16. The molecule has 3 heteroatoms. The Morgan fingerprint density at radius 3 is 2.76 bits per heavy atom. The molecule has 1 heterocycles. The van der Waals surface area contributed by atoms with Gasteiger partial charge < -0.3 is 9.47 Å². The molecule has 2 aromatic rings. The highest BCUT2D eigenvalue weighted by molar-refractivity contribution is 5.54. The quantitative estimate of drug-likeness (QED) is 0.630. The molecule has 0 amide bonds. The van der Waals surface area contributed by atoms with E-state index in [1.165, 1.54) is 0 Å². The van der Waals surface area contributed by atoms with Gasteiger partial charge in [0, 0.05) is 12.0 Å². The van der Waals surface area contributed by atoms with Gasteiger partial charge >= 0.3 is 0 Å². The maximum Gasteiger partial charge on any atom is 0.298 e. The highest BCUT2D eigenvalue weighted by Crippen LogP contribution is 2.37. The van der Waals surface area contributed by atoms with Crippen LogP contribution in [0.25, 0.3) is 0 Å². The van der Waals surface area contributed by atoms with Crippen molar-refractivity contribution in [1.82, 2.24) is 0 Å². The molecule has 0 saturated carbocycles. The van der Waals surface area contributed by atoms with Gasteiger partial charge in [0.05, 0.1) is 0 Å². The smallest absolute Gasteiger partial charge is 0.298 e. The summed E-state index contributed by atoms with van der Waals surface area (Å²) >= 11 is 0. The zero-order chi connectivity index (χ0) is 11.7. The molecule has 17 heavy (non-hydrogen) atoms. The average Bonchev–Trinajstić information content (AvgIpc) is 2.36. The third-order valence-corrected chi connectivity index (χ3v) is 2.79. The van der Waals surface area contributed by atoms with Crippen LogP contribution < -0.4 is 9.47 Å². The minimum atomic E-state index is 0.430. The second kappa shape index (κ2) is 3.94. The Balaban J connectivity index is 2.00. The number of fused-ring (bicyclic) bond motifs is 2. The number of carbonyl (C=O) groups is 1. The molecule has 1 aliphatic rings. The number of carbonyl (C=O) groups excluding carboxylic acids is 1. The van der Waals surface area contributed by atoms with E-state index in [1.807, 2.05) is 36.4 Å². The number of benzene rings is 2. The van der Waals surface area contributed by atoms with E-state index in [-0.39, 0.29) is 0 Å². The first-order chi connectivity index (χ1) is 8.36. The molecule has 0 radical (unpaired) electrons. The molecule has 0 atom stereocenters. The van der Waals surface area contributed by atoms with Gasteiger partial charge in [0.25, 0.3) is 6.47 Å². The van der Waals surface area contributed by atoms with Crippen LogP contribution in [0.4, 0.5) is 0 Å². The molecule has 0 bridgehead atoms. The Hall–Kier alpha value is -2.29. The molecule has 1 aliphatic heterocycles. The summed E-state index contributed by atoms with van der Waals surface area (Å²) < 4.78 is 10.6. The highest BCUT2D eigenvalue weighted by atomic mass is 16.5. The first-order valence-corrected chi connectivity index (χ1v) is 5.36. The summed E-state index contributed by atoms with van der Waals surface area (Å²) in [6, 6.07) is 13.3. The van der Waals surface area contributed by atoms with Crippen molar-refractivity contribution in [2.45, 2.75) is 6.42 Å². The number of hydrogen-bond donors (Lipinski definition) is 0. The van der Waals surface area contributed by atoms with Crippen molar-refractivity contribution in [3.05, 3.63) is 53.6 Å². The van der Waals surface area contributed by atoms with Gasteiger partial charge in [0.1, 0.15) is 17.2 Å². The average molecular weight is 226 g/mol. The Kier molecular flexibility index (Phi) is 2.29. The van der Waals surface area contributed by atoms with Gasteiger partial charge in [-0.2, -0.15) is 0 Å². The van der Waals surface area contributed by atoms with Crippen LogP contribution in [-0.2, 0) is 11.2 Å². The van der Waals surface area contributed by atoms with Gasteiger partial charge in [-0.05, 0) is 29.8 Å². The lowest BCUT2D eigenvalue weighted by molar-refractivity contribution is -0.120. The van der Waals surface area contributed by atoms with E-state index in [0.29, 0.717) is 12.2 Å². The van der Waals surface area contributed by atoms with Gasteiger partial charge in [0.2, 0.25) is 0 Å². The minimum absolute atomic E-state index is 0.430. The van der Waals surface area contributed by atoms with E-state index < -0.39 is 0 Å². The summed E-state index contributed by atoms with van der Waals surface area (Å²) in [5.74, 6) is 2.26. The van der Waals surface area contributed by atoms with E-state index in [4.69, 9.17) is 9.47 Å². The van der Waals surface area contributed by atoms with Crippen molar-refractivity contribution in [3.63, 3.8) is 0 Å². The molecule has 0 saturated heterocycles. The zero-order valence-electron chi connectivity index (χ0n) is 9.05. The van der Waals surface area contributed by atoms with Crippen LogP contribution >= 0.6 is 0 Å². The van der Waals surface area contributed by atoms with Gasteiger partial charge in [0.15, 0.2) is 0 Å². The molecule has 3 rings (SSSR count). The summed E-state index contributed by atoms with van der Waals surface area (Å²) in [6.07, 6.45) is 0.793. The van der Waals surface area contributed by atoms with Crippen LogP contribution in [0.2, 0.25) is 0 Å². The van der Waals surface area contributed by atoms with Gasteiger partial charge in [-0.1, -0.05) is 18.2 Å². The predicted molar refractivity (Wildman–Crippen MR) is 62.5 cm³/mol. The van der Waals surface area contributed by atoms with Crippen LogP contribution in [-0.4, -0.2) is 6.47 Å². The Morgan fingerprint density at radius 2 is 1.88 bits per heavy atom. The SMILES string of the molecule is O=COc1ccc2c(c1)Cc1ccccc1O2. The fourth-order valence-corrected chi connectivity index (χ4v) is 2.00. The maximum absolute atomic E-state index is 10.3. The molecular weight excluding hydrogens is 216 g/mol. The summed E-state index contributed by atoms with van der Waals surface area (Å²) in [5, 5.41) is 0. The van der Waals surface area contributed by atoms with Crippen molar-refractivity contribution in [2.75, 3.05) is 0 Å². The maximum atomic E-state index is 10.3. The van der Waals surface area contributed by atoms with Crippen molar-refractivity contribution < 1.29 is 14.3 Å². The fraction of sp³-hybridized carbons (Fsp3) is 0.0714. The monoisotopic (exact) mass is 226 g/mol. The van der Waals surface area contributed by atoms with Crippen molar-refractivity contribution >= 4 is 6.47 Å². The molecule has 0 aromatic heterocycles. The molecule has 84 valence electrons. The second-order valence-electron chi connectivity index (χ2n) is 3.87. The van der Waals surface area contributed by atoms with Crippen LogP contribution in [0.5, 0.6) is 17.2 Å². The third kappa shape index (κ3) is 1.76. The molecule has 0 unspecified atom stereocenters. The molecule has 3 nitrogen and oxygen atoms in total. The molecule has 0 fully saturated rings. The van der Waals surface area contributed by atoms with E-state index >= 15 is 0 Å². The number of rotatable bonds is 2. The van der Waals surface area contributed by atoms with E-state index in [2.05, 4.69) is 0 Å². The molecule has 0 spiro atoms. The third-order valence-electron chi connectivity index (χ3n) is 2.79. The first-order valence-electron chi connectivity index (χ1n) is 5.36. The molecule has 0 aliphatic carbocycles. The van der Waals surface area contributed by atoms with Crippen molar-refractivity contribution in [3.8, 4) is 17.2 Å². The lowest BCUT2D eigenvalue weighted by Crippen LogP contribution is -2.03. The number of ether oxygens (including phenoxy) is 2. The van der Waals surface area contributed by atoms with E-state index in [1.54, 1.807) is 6.07 Å². The topological polar surface area (TPSA) is 35.5 Å². The second-order valence-corrected chi connectivity index (χ2v) is 3.87. The number of para-hydroxylation sites is 1. The van der Waals surface area contributed by atoms with Gasteiger partial charge in [-0.25, -0.2) is 0 Å². The lowest BCUT2D eigenvalue weighted by atomic mass is 10.0. The van der Waals surface area contributed by atoms with E-state index in [9.17, 15) is 4.79 Å². The normalized spacial score (nSPS) is 12.0.